The smallest absolute Gasteiger partial charge is 0.339 e. The van der Waals surface area contributed by atoms with E-state index in [0.29, 0.717) is 49.8 Å². The number of hydrazone groups is 1. The van der Waals surface area contributed by atoms with Crippen molar-refractivity contribution in [3.05, 3.63) is 116 Å². The third-order valence-corrected chi connectivity index (χ3v) is 8.10. The number of amides is 1. The number of hydrogen-bond donors (Lipinski definition) is 1. The summed E-state index contributed by atoms with van der Waals surface area (Å²) in [6.07, 6.45) is 1.41. The minimum atomic E-state index is -4.10. The van der Waals surface area contributed by atoms with E-state index >= 15 is 0 Å². The molecule has 1 amide bonds. The molecule has 4 aromatic rings. The number of hydrogen-bond acceptors (Lipinski definition) is 7. The van der Waals surface area contributed by atoms with E-state index in [2.05, 4.69) is 42.4 Å². The second kappa shape index (κ2) is 14.0. The van der Waals surface area contributed by atoms with Crippen LogP contribution in [0.25, 0.3) is 0 Å². The van der Waals surface area contributed by atoms with E-state index in [0.717, 1.165) is 5.56 Å². The number of benzene rings is 4. The fraction of sp³-hybridized carbons (Fsp3) is 0.103. The summed E-state index contributed by atoms with van der Waals surface area (Å²) in [6.45, 7) is 2.60. The van der Waals surface area contributed by atoms with Gasteiger partial charge >= 0.3 is 10.1 Å². The van der Waals surface area contributed by atoms with E-state index in [-0.39, 0.29) is 10.6 Å². The van der Waals surface area contributed by atoms with Crippen molar-refractivity contribution in [3.8, 4) is 17.2 Å². The molecule has 0 heterocycles. The zero-order chi connectivity index (χ0) is 29.4. The lowest BCUT2D eigenvalue weighted by molar-refractivity contribution is 0.0954. The largest absolute Gasteiger partial charge is 0.490 e. The van der Waals surface area contributed by atoms with Gasteiger partial charge in [-0.2, -0.15) is 13.5 Å². The molecule has 0 saturated heterocycles. The van der Waals surface area contributed by atoms with E-state index in [4.69, 9.17) is 25.3 Å². The van der Waals surface area contributed by atoms with Crippen LogP contribution < -0.4 is 19.1 Å². The molecule has 8 nitrogen and oxygen atoms in total. The predicted molar refractivity (Wildman–Crippen MR) is 165 cm³/mol. The van der Waals surface area contributed by atoms with Crippen molar-refractivity contribution in [3.63, 3.8) is 0 Å². The summed E-state index contributed by atoms with van der Waals surface area (Å²) in [6, 6.07) is 23.4. The van der Waals surface area contributed by atoms with Crippen LogP contribution in [0.15, 0.2) is 104 Å². The third-order valence-electron chi connectivity index (χ3n) is 5.44. The van der Waals surface area contributed by atoms with E-state index in [1.54, 1.807) is 30.3 Å². The number of carbonyl (C=O) groups is 1. The Bertz CT molecular complexity index is 1640. The molecule has 12 heteroatoms. The Morgan fingerprint density at radius 2 is 1.61 bits per heavy atom. The van der Waals surface area contributed by atoms with Crippen LogP contribution in [0, 0.1) is 0 Å². The second-order valence-electron chi connectivity index (χ2n) is 8.37. The number of halogens is 3. The lowest BCUT2D eigenvalue weighted by Gasteiger charge is -2.13. The maximum Gasteiger partial charge on any atom is 0.339 e. The molecular weight excluding hydrogens is 700 g/mol. The van der Waals surface area contributed by atoms with Crippen LogP contribution >= 0.6 is 43.5 Å². The first kappa shape index (κ1) is 30.6. The normalized spacial score (nSPS) is 11.3. The average Bonchev–Trinajstić information content (AvgIpc) is 2.95. The lowest BCUT2D eigenvalue weighted by atomic mass is 10.2. The van der Waals surface area contributed by atoms with Gasteiger partial charge in [0.05, 0.1) is 21.8 Å². The van der Waals surface area contributed by atoms with Crippen molar-refractivity contribution >= 4 is 65.7 Å². The molecular formula is C29H23Br2ClN2O6S. The van der Waals surface area contributed by atoms with Crippen LogP contribution in [0.4, 0.5) is 0 Å². The van der Waals surface area contributed by atoms with E-state index in [9.17, 15) is 13.2 Å². The number of nitrogens with one attached hydrogen (secondary N) is 1. The molecule has 0 spiro atoms. The zero-order valence-electron chi connectivity index (χ0n) is 21.5. The average molecular weight is 723 g/mol. The first-order valence-electron chi connectivity index (χ1n) is 12.1. The summed E-state index contributed by atoms with van der Waals surface area (Å²) >= 11 is 12.5. The maximum absolute atomic E-state index is 12.7. The highest BCUT2D eigenvalue weighted by atomic mass is 79.9. The molecule has 1 N–H and O–H groups in total. The van der Waals surface area contributed by atoms with Crippen LogP contribution in [0.3, 0.4) is 0 Å². The van der Waals surface area contributed by atoms with E-state index < -0.39 is 16.0 Å². The Hall–Kier alpha value is -3.38. The van der Waals surface area contributed by atoms with Crippen molar-refractivity contribution in [1.29, 1.82) is 0 Å². The number of carbonyl (C=O) groups excluding carboxylic acids is 1. The van der Waals surface area contributed by atoms with Crippen molar-refractivity contribution in [2.75, 3.05) is 6.61 Å². The molecule has 4 aromatic carbocycles. The standard InChI is InChI=1S/C29H23Br2ClN2O6S/c1-2-38-27-16-21(8-13-26(27)39-18-19-6-4-3-5-7-19)29(35)34-33-17-20-14-24(30)28(25(31)15-20)40-41(36,37)23-11-9-22(32)10-12-23/h3-17H,2,18H2,1H3,(H,34,35)/b33-17+. The minimum Gasteiger partial charge on any atom is -0.490 e. The fourth-order valence-electron chi connectivity index (χ4n) is 3.49. The summed E-state index contributed by atoms with van der Waals surface area (Å²) in [5, 5.41) is 4.43. The summed E-state index contributed by atoms with van der Waals surface area (Å²) in [4.78, 5) is 12.7. The minimum absolute atomic E-state index is 0.0441. The summed E-state index contributed by atoms with van der Waals surface area (Å²) in [5.41, 5.74) is 4.37. The molecule has 0 bridgehead atoms. The van der Waals surface area contributed by atoms with Crippen LogP contribution in [-0.4, -0.2) is 27.1 Å². The zero-order valence-corrected chi connectivity index (χ0v) is 26.3. The molecule has 0 aromatic heterocycles. The quantitative estimate of drug-likeness (QED) is 0.0986. The van der Waals surface area contributed by atoms with Crippen LogP contribution in [-0.2, 0) is 16.7 Å². The topological polar surface area (TPSA) is 103 Å². The SMILES string of the molecule is CCOc1cc(C(=O)N/N=C/c2cc(Br)c(OS(=O)(=O)c3ccc(Cl)cc3)c(Br)c2)ccc1OCc1ccccc1. The van der Waals surface area contributed by atoms with Crippen LogP contribution in [0.5, 0.6) is 17.2 Å². The number of rotatable bonds is 11. The molecule has 0 aliphatic heterocycles. The highest BCUT2D eigenvalue weighted by molar-refractivity contribution is 9.11. The molecule has 0 aliphatic rings. The van der Waals surface area contributed by atoms with E-state index in [1.807, 2.05) is 37.3 Å². The van der Waals surface area contributed by atoms with Gasteiger partial charge in [0.1, 0.15) is 11.5 Å². The lowest BCUT2D eigenvalue weighted by Crippen LogP contribution is -2.17. The van der Waals surface area contributed by atoms with Crippen molar-refractivity contribution in [2.24, 2.45) is 5.10 Å². The summed E-state index contributed by atoms with van der Waals surface area (Å²) < 4.78 is 43.0. The molecule has 0 unspecified atom stereocenters. The number of nitrogens with zero attached hydrogens (tertiary/aromatic N) is 1. The second-order valence-corrected chi connectivity index (χ2v) is 12.1. The molecule has 4 rings (SSSR count). The van der Waals surface area contributed by atoms with Gasteiger partial charge in [-0.3, -0.25) is 4.79 Å². The Morgan fingerprint density at radius 1 is 0.927 bits per heavy atom. The van der Waals surface area contributed by atoms with Crippen molar-refractivity contribution in [1.82, 2.24) is 5.43 Å². The summed E-state index contributed by atoms with van der Waals surface area (Å²) in [7, 11) is -4.10. The van der Waals surface area contributed by atoms with Gasteiger partial charge in [0.2, 0.25) is 0 Å². The van der Waals surface area contributed by atoms with Gasteiger partial charge in [-0.15, -0.1) is 0 Å². The van der Waals surface area contributed by atoms with Crippen molar-refractivity contribution in [2.45, 2.75) is 18.4 Å². The van der Waals surface area contributed by atoms with Gasteiger partial charge in [-0.05, 0) is 105 Å². The monoisotopic (exact) mass is 720 g/mol. The highest BCUT2D eigenvalue weighted by Gasteiger charge is 2.21. The third kappa shape index (κ3) is 8.32. The molecule has 0 atom stereocenters. The van der Waals surface area contributed by atoms with Gasteiger partial charge in [0.25, 0.3) is 5.91 Å². The molecule has 0 radical (unpaired) electrons. The Balaban J connectivity index is 1.42. The van der Waals surface area contributed by atoms with Crippen molar-refractivity contribution < 1.29 is 26.9 Å². The van der Waals surface area contributed by atoms with Crippen LogP contribution in [0.2, 0.25) is 5.02 Å². The molecule has 0 aliphatic carbocycles. The predicted octanol–water partition coefficient (Wildman–Crippen LogP) is 7.37. The first-order valence-corrected chi connectivity index (χ1v) is 15.5. The highest BCUT2D eigenvalue weighted by Crippen LogP contribution is 2.36. The van der Waals surface area contributed by atoms with Gasteiger partial charge in [0.15, 0.2) is 17.2 Å². The summed E-state index contributed by atoms with van der Waals surface area (Å²) in [5.74, 6) is 0.561. The molecule has 0 saturated carbocycles. The number of ether oxygens (including phenoxy) is 2. The van der Waals surface area contributed by atoms with Gasteiger partial charge in [-0.1, -0.05) is 41.9 Å². The Kier molecular flexibility index (Phi) is 10.4. The van der Waals surface area contributed by atoms with Gasteiger partial charge < -0.3 is 13.7 Å². The van der Waals surface area contributed by atoms with E-state index in [1.165, 1.54) is 30.5 Å². The molecule has 0 fully saturated rings. The van der Waals surface area contributed by atoms with Gasteiger partial charge in [-0.25, -0.2) is 5.43 Å². The fourth-order valence-corrected chi connectivity index (χ4v) is 6.18. The van der Waals surface area contributed by atoms with Gasteiger partial charge in [0, 0.05) is 10.6 Å². The maximum atomic E-state index is 12.7. The first-order chi connectivity index (χ1) is 19.7. The Labute approximate surface area is 259 Å². The Morgan fingerprint density at radius 3 is 2.27 bits per heavy atom. The molecule has 212 valence electrons. The molecule has 41 heavy (non-hydrogen) atoms. The van der Waals surface area contributed by atoms with Crippen LogP contribution in [0.1, 0.15) is 28.4 Å².